The van der Waals surface area contributed by atoms with Crippen molar-refractivity contribution in [2.75, 3.05) is 13.7 Å². The predicted octanol–water partition coefficient (Wildman–Crippen LogP) is 5.15. The van der Waals surface area contributed by atoms with Gasteiger partial charge in [0, 0.05) is 12.8 Å². The van der Waals surface area contributed by atoms with Crippen LogP contribution >= 0.6 is 0 Å². The van der Waals surface area contributed by atoms with Gasteiger partial charge in [0.25, 0.3) is 0 Å². The average molecular weight is 550 g/mol. The highest BCUT2D eigenvalue weighted by Crippen LogP contribution is 2.35. The van der Waals surface area contributed by atoms with Crippen LogP contribution in [0.5, 0.6) is 11.5 Å². The Hall–Kier alpha value is -2.94. The normalized spacial score (nSPS) is 14.1. The zero-order chi connectivity index (χ0) is 30.0. The number of hydrogen-bond donors (Lipinski definition) is 1. The number of ether oxygens (including phenoxy) is 4. The zero-order valence-corrected chi connectivity index (χ0v) is 25.1. The van der Waals surface area contributed by atoms with Gasteiger partial charge in [-0.15, -0.1) is 0 Å². The van der Waals surface area contributed by atoms with Crippen molar-refractivity contribution in [3.05, 3.63) is 23.8 Å². The molecule has 2 N–H and O–H groups in total. The molecule has 1 rings (SSSR count). The summed E-state index contributed by atoms with van der Waals surface area (Å²) in [5, 5.41) is 0. The molecule has 39 heavy (non-hydrogen) atoms. The quantitative estimate of drug-likeness (QED) is 0.233. The number of carbonyl (C=O) groups is 4. The summed E-state index contributed by atoms with van der Waals surface area (Å²) in [5.41, 5.74) is 3.99. The Morgan fingerprint density at radius 2 is 1.41 bits per heavy atom. The highest BCUT2D eigenvalue weighted by atomic mass is 16.6. The molecule has 220 valence electrons. The van der Waals surface area contributed by atoms with Crippen molar-refractivity contribution in [1.82, 2.24) is 0 Å². The molecule has 9 heteroatoms. The van der Waals surface area contributed by atoms with Crippen LogP contribution in [0.2, 0.25) is 0 Å². The van der Waals surface area contributed by atoms with E-state index in [9.17, 15) is 19.2 Å². The van der Waals surface area contributed by atoms with E-state index in [2.05, 4.69) is 0 Å². The van der Waals surface area contributed by atoms with E-state index in [0.29, 0.717) is 24.8 Å². The molecule has 2 atom stereocenters. The minimum Gasteiger partial charge on any atom is -0.468 e. The van der Waals surface area contributed by atoms with Crippen LogP contribution in [0.4, 0.5) is 0 Å². The lowest BCUT2D eigenvalue weighted by Crippen LogP contribution is -2.51. The van der Waals surface area contributed by atoms with Gasteiger partial charge in [0.15, 0.2) is 11.5 Å². The molecule has 1 unspecified atom stereocenters. The maximum absolute atomic E-state index is 12.9. The van der Waals surface area contributed by atoms with E-state index < -0.39 is 34.3 Å². The van der Waals surface area contributed by atoms with E-state index >= 15 is 0 Å². The first-order valence-electron chi connectivity index (χ1n) is 13.7. The molecular weight excluding hydrogens is 502 g/mol. The monoisotopic (exact) mass is 549 g/mol. The maximum atomic E-state index is 12.9. The van der Waals surface area contributed by atoms with Gasteiger partial charge in [-0.2, -0.15) is 0 Å². The van der Waals surface area contributed by atoms with Crippen LogP contribution in [0.25, 0.3) is 0 Å². The third-order valence-electron chi connectivity index (χ3n) is 7.31. The van der Waals surface area contributed by atoms with Crippen molar-refractivity contribution in [3.8, 4) is 11.5 Å². The van der Waals surface area contributed by atoms with Crippen LogP contribution in [0.1, 0.15) is 93.1 Å². The Balaban J connectivity index is 3.31. The third kappa shape index (κ3) is 9.64. The highest BCUT2D eigenvalue weighted by molar-refractivity contribution is 5.82. The van der Waals surface area contributed by atoms with Crippen molar-refractivity contribution >= 4 is 23.9 Å². The van der Waals surface area contributed by atoms with Gasteiger partial charge in [-0.25, -0.2) is 0 Å². The largest absolute Gasteiger partial charge is 0.468 e. The van der Waals surface area contributed by atoms with Gasteiger partial charge >= 0.3 is 23.9 Å². The standard InChI is InChI=1S/C30H47NO8/c1-10-13-20(4)24(32)37-17-16-30(31,27(35)36-9)19-21-14-15-22(38-25(33)28(5,6)11-2)23(18-21)39-26(34)29(7,8)12-3/h14-15,18,20H,10-13,16-17,19,31H2,1-9H3/t20-,30?/m0/s1. The zero-order valence-electron chi connectivity index (χ0n) is 25.1. The van der Waals surface area contributed by atoms with Crippen LogP contribution < -0.4 is 15.2 Å². The molecule has 0 aromatic heterocycles. The molecule has 1 aromatic rings. The van der Waals surface area contributed by atoms with Crippen molar-refractivity contribution < 1.29 is 38.1 Å². The van der Waals surface area contributed by atoms with Gasteiger partial charge in [0.2, 0.25) is 0 Å². The van der Waals surface area contributed by atoms with E-state index in [1.165, 1.54) is 19.2 Å². The number of carbonyl (C=O) groups excluding carboxylic acids is 4. The second-order valence-corrected chi connectivity index (χ2v) is 11.5. The van der Waals surface area contributed by atoms with E-state index in [1.807, 2.05) is 20.8 Å². The molecule has 0 saturated carbocycles. The fraction of sp³-hybridized carbons (Fsp3) is 0.667. The van der Waals surface area contributed by atoms with E-state index in [0.717, 1.165) is 6.42 Å². The number of esters is 4. The summed E-state index contributed by atoms with van der Waals surface area (Å²) in [7, 11) is 1.23. The first kappa shape index (κ1) is 34.1. The molecule has 0 aliphatic heterocycles. The Morgan fingerprint density at radius 3 is 1.90 bits per heavy atom. The molecule has 1 aromatic carbocycles. The van der Waals surface area contributed by atoms with Crippen molar-refractivity contribution in [2.24, 2.45) is 22.5 Å². The molecule has 0 saturated heterocycles. The molecule has 0 fully saturated rings. The van der Waals surface area contributed by atoms with Crippen molar-refractivity contribution in [1.29, 1.82) is 0 Å². The summed E-state index contributed by atoms with van der Waals surface area (Å²) in [6, 6.07) is 4.69. The Bertz CT molecular complexity index is 1020. The first-order valence-corrected chi connectivity index (χ1v) is 13.7. The number of hydrogen-bond acceptors (Lipinski definition) is 9. The van der Waals surface area contributed by atoms with Crippen molar-refractivity contribution in [3.63, 3.8) is 0 Å². The number of rotatable bonds is 15. The van der Waals surface area contributed by atoms with Crippen molar-refractivity contribution in [2.45, 2.75) is 99.5 Å². The lowest BCUT2D eigenvalue weighted by molar-refractivity contribution is -0.153. The van der Waals surface area contributed by atoms with E-state index in [-0.39, 0.29) is 42.8 Å². The van der Waals surface area contributed by atoms with Gasteiger partial charge in [-0.1, -0.05) is 40.2 Å². The molecule has 0 radical (unpaired) electrons. The lowest BCUT2D eigenvalue weighted by Gasteiger charge is -2.27. The molecule has 0 aliphatic rings. The van der Waals surface area contributed by atoms with E-state index in [4.69, 9.17) is 24.7 Å². The van der Waals surface area contributed by atoms with Crippen LogP contribution in [0.3, 0.4) is 0 Å². The topological polar surface area (TPSA) is 131 Å². The summed E-state index contributed by atoms with van der Waals surface area (Å²) in [6.45, 7) is 14.5. The fourth-order valence-corrected chi connectivity index (χ4v) is 3.45. The maximum Gasteiger partial charge on any atom is 0.326 e. The van der Waals surface area contributed by atoms with Gasteiger partial charge < -0.3 is 24.7 Å². The minimum absolute atomic E-state index is 0.00185. The second-order valence-electron chi connectivity index (χ2n) is 11.5. The Labute approximate surface area is 233 Å². The van der Waals surface area contributed by atoms with Crippen LogP contribution in [0, 0.1) is 16.7 Å². The number of benzene rings is 1. The summed E-state index contributed by atoms with van der Waals surface area (Å²) in [4.78, 5) is 50.6. The summed E-state index contributed by atoms with van der Waals surface area (Å²) in [6.07, 6.45) is 2.66. The number of methoxy groups -OCH3 is 1. The van der Waals surface area contributed by atoms with Gasteiger partial charge in [0.1, 0.15) is 5.54 Å². The molecule has 0 heterocycles. The molecule has 0 spiro atoms. The summed E-state index contributed by atoms with van der Waals surface area (Å²) >= 11 is 0. The van der Waals surface area contributed by atoms with Crippen LogP contribution in [0.15, 0.2) is 18.2 Å². The molecular formula is C30H47NO8. The molecule has 0 aliphatic carbocycles. The van der Waals surface area contributed by atoms with Crippen LogP contribution in [-0.4, -0.2) is 43.1 Å². The molecule has 0 amide bonds. The van der Waals surface area contributed by atoms with Crippen LogP contribution in [-0.2, 0) is 35.1 Å². The van der Waals surface area contributed by atoms with E-state index in [1.54, 1.807) is 40.7 Å². The smallest absolute Gasteiger partial charge is 0.326 e. The lowest BCUT2D eigenvalue weighted by atomic mass is 9.88. The highest BCUT2D eigenvalue weighted by Gasteiger charge is 2.37. The third-order valence-corrected chi connectivity index (χ3v) is 7.31. The molecule has 9 nitrogen and oxygen atoms in total. The number of nitrogens with two attached hydrogens (primary N) is 1. The second kappa shape index (κ2) is 14.4. The SMILES string of the molecule is CCC[C@H](C)C(=O)OCCC(N)(Cc1ccc(OC(=O)C(C)(C)CC)c(OC(=O)C(C)(C)CC)c1)C(=O)OC. The first-order chi connectivity index (χ1) is 18.1. The van der Waals surface area contributed by atoms with Gasteiger partial charge in [-0.05, 0) is 64.7 Å². The van der Waals surface area contributed by atoms with Gasteiger partial charge in [0.05, 0.1) is 30.5 Å². The minimum atomic E-state index is -1.52. The fourth-order valence-electron chi connectivity index (χ4n) is 3.45. The summed E-state index contributed by atoms with van der Waals surface area (Å²) < 4.78 is 21.7. The summed E-state index contributed by atoms with van der Waals surface area (Å²) in [5.74, 6) is -2.10. The molecule has 0 bridgehead atoms. The Morgan fingerprint density at radius 1 is 0.872 bits per heavy atom. The van der Waals surface area contributed by atoms with Gasteiger partial charge in [-0.3, -0.25) is 19.2 Å². The Kier molecular flexibility index (Phi) is 12.6. The average Bonchev–Trinajstić information content (AvgIpc) is 2.89. The predicted molar refractivity (Wildman–Crippen MR) is 148 cm³/mol.